The Kier molecular flexibility index (Phi) is 3.85. The summed E-state index contributed by atoms with van der Waals surface area (Å²) in [4.78, 5) is 22.4. The second-order valence-corrected chi connectivity index (χ2v) is 3.71. The third kappa shape index (κ3) is 3.71. The first-order chi connectivity index (χ1) is 8.34. The Balaban J connectivity index is 1.71. The Morgan fingerprint density at radius 1 is 1.35 bits per heavy atom. The van der Waals surface area contributed by atoms with E-state index in [9.17, 15) is 4.79 Å². The van der Waals surface area contributed by atoms with Crippen molar-refractivity contribution in [3.05, 3.63) is 48.3 Å². The van der Waals surface area contributed by atoms with Gasteiger partial charge >= 0.3 is 0 Å². The molecule has 0 unspecified atom stereocenters. The van der Waals surface area contributed by atoms with Gasteiger partial charge in [0, 0.05) is 37.3 Å². The van der Waals surface area contributed by atoms with Crippen molar-refractivity contribution < 1.29 is 4.79 Å². The van der Waals surface area contributed by atoms with Gasteiger partial charge in [-0.05, 0) is 18.1 Å². The summed E-state index contributed by atoms with van der Waals surface area (Å²) in [5.41, 5.74) is 1.98. The number of aryl methyl sites for hydroxylation is 1. The van der Waals surface area contributed by atoms with Crippen molar-refractivity contribution >= 4 is 5.91 Å². The van der Waals surface area contributed by atoms with Crippen LogP contribution < -0.4 is 5.32 Å². The van der Waals surface area contributed by atoms with Crippen molar-refractivity contribution in [3.8, 4) is 0 Å². The van der Waals surface area contributed by atoms with E-state index in [-0.39, 0.29) is 5.91 Å². The van der Waals surface area contributed by atoms with Crippen molar-refractivity contribution in [2.75, 3.05) is 0 Å². The van der Waals surface area contributed by atoms with E-state index in [1.807, 2.05) is 12.1 Å². The van der Waals surface area contributed by atoms with Gasteiger partial charge in [-0.25, -0.2) is 4.98 Å². The molecule has 0 aliphatic heterocycles. The number of H-pyrrole nitrogens is 1. The summed E-state index contributed by atoms with van der Waals surface area (Å²) in [5.74, 6) is 0.0310. The molecule has 5 heteroatoms. The van der Waals surface area contributed by atoms with Gasteiger partial charge in [0.2, 0.25) is 5.91 Å². The van der Waals surface area contributed by atoms with E-state index in [0.29, 0.717) is 19.4 Å². The zero-order chi connectivity index (χ0) is 11.9. The van der Waals surface area contributed by atoms with Crippen molar-refractivity contribution in [1.82, 2.24) is 20.3 Å². The molecule has 0 atom stereocenters. The van der Waals surface area contributed by atoms with Gasteiger partial charge in [0.15, 0.2) is 0 Å². The summed E-state index contributed by atoms with van der Waals surface area (Å²) >= 11 is 0. The highest BCUT2D eigenvalue weighted by atomic mass is 16.1. The fraction of sp³-hybridized carbons (Fsp3) is 0.250. The van der Waals surface area contributed by atoms with Crippen LogP contribution in [0.1, 0.15) is 17.7 Å². The largest absolute Gasteiger partial charge is 0.352 e. The van der Waals surface area contributed by atoms with Gasteiger partial charge < -0.3 is 10.3 Å². The monoisotopic (exact) mass is 230 g/mol. The first kappa shape index (κ1) is 11.3. The molecule has 1 amide bonds. The number of hydrogen-bond donors (Lipinski definition) is 2. The third-order valence-corrected chi connectivity index (χ3v) is 2.39. The van der Waals surface area contributed by atoms with Gasteiger partial charge in [0.05, 0.1) is 6.33 Å². The van der Waals surface area contributed by atoms with Crippen LogP contribution in [0.2, 0.25) is 0 Å². The number of imidazole rings is 1. The van der Waals surface area contributed by atoms with Crippen LogP contribution in [0.4, 0.5) is 0 Å². The van der Waals surface area contributed by atoms with E-state index in [4.69, 9.17) is 0 Å². The Hall–Kier alpha value is -2.17. The van der Waals surface area contributed by atoms with Crippen molar-refractivity contribution in [1.29, 1.82) is 0 Å². The molecule has 0 spiro atoms. The SMILES string of the molecule is O=C(CCc1cnc[nH]1)NCc1cccnc1. The molecule has 0 aliphatic rings. The van der Waals surface area contributed by atoms with Crippen LogP contribution in [0, 0.1) is 0 Å². The lowest BCUT2D eigenvalue weighted by Gasteiger charge is -2.04. The minimum absolute atomic E-state index is 0.0310. The van der Waals surface area contributed by atoms with Crippen LogP contribution in [-0.2, 0) is 17.8 Å². The second kappa shape index (κ2) is 5.79. The molecule has 2 heterocycles. The summed E-state index contributed by atoms with van der Waals surface area (Å²) < 4.78 is 0. The van der Waals surface area contributed by atoms with E-state index >= 15 is 0 Å². The summed E-state index contributed by atoms with van der Waals surface area (Å²) in [6, 6.07) is 3.79. The highest BCUT2D eigenvalue weighted by Crippen LogP contribution is 1.98. The molecule has 0 saturated carbocycles. The third-order valence-electron chi connectivity index (χ3n) is 2.39. The number of carbonyl (C=O) groups excluding carboxylic acids is 1. The van der Waals surface area contributed by atoms with Crippen LogP contribution in [0.3, 0.4) is 0 Å². The maximum atomic E-state index is 11.5. The van der Waals surface area contributed by atoms with E-state index < -0.39 is 0 Å². The Bertz CT molecular complexity index is 453. The minimum Gasteiger partial charge on any atom is -0.352 e. The molecule has 2 rings (SSSR count). The zero-order valence-corrected chi connectivity index (χ0v) is 9.39. The number of hydrogen-bond acceptors (Lipinski definition) is 3. The van der Waals surface area contributed by atoms with Gasteiger partial charge in [0.25, 0.3) is 0 Å². The van der Waals surface area contributed by atoms with Crippen molar-refractivity contribution in [3.63, 3.8) is 0 Å². The van der Waals surface area contributed by atoms with Gasteiger partial charge in [-0.15, -0.1) is 0 Å². The molecular formula is C12H14N4O. The van der Waals surface area contributed by atoms with Gasteiger partial charge in [-0.3, -0.25) is 9.78 Å². The smallest absolute Gasteiger partial charge is 0.220 e. The Morgan fingerprint density at radius 2 is 2.29 bits per heavy atom. The molecule has 0 aliphatic carbocycles. The number of aromatic nitrogens is 3. The number of aromatic amines is 1. The summed E-state index contributed by atoms with van der Waals surface area (Å²) in [6.07, 6.45) is 7.94. The lowest BCUT2D eigenvalue weighted by molar-refractivity contribution is -0.121. The number of amides is 1. The zero-order valence-electron chi connectivity index (χ0n) is 9.39. The molecule has 17 heavy (non-hydrogen) atoms. The van der Waals surface area contributed by atoms with Crippen LogP contribution in [-0.4, -0.2) is 20.9 Å². The Morgan fingerprint density at radius 3 is 3.00 bits per heavy atom. The molecule has 2 aromatic heterocycles. The van der Waals surface area contributed by atoms with Crippen LogP contribution in [0.25, 0.3) is 0 Å². The van der Waals surface area contributed by atoms with Gasteiger partial charge in [-0.1, -0.05) is 6.07 Å². The maximum absolute atomic E-state index is 11.5. The van der Waals surface area contributed by atoms with E-state index in [1.165, 1.54) is 0 Å². The lowest BCUT2D eigenvalue weighted by atomic mass is 10.2. The highest BCUT2D eigenvalue weighted by Gasteiger charge is 2.02. The molecule has 0 fully saturated rings. The molecule has 0 saturated heterocycles. The maximum Gasteiger partial charge on any atom is 0.220 e. The van der Waals surface area contributed by atoms with E-state index in [0.717, 1.165) is 11.3 Å². The summed E-state index contributed by atoms with van der Waals surface area (Å²) in [6.45, 7) is 0.523. The van der Waals surface area contributed by atoms with Gasteiger partial charge in [-0.2, -0.15) is 0 Å². The lowest BCUT2D eigenvalue weighted by Crippen LogP contribution is -2.23. The van der Waals surface area contributed by atoms with E-state index in [1.54, 1.807) is 24.9 Å². The molecule has 88 valence electrons. The predicted molar refractivity (Wildman–Crippen MR) is 63.0 cm³/mol. The summed E-state index contributed by atoms with van der Waals surface area (Å²) in [5, 5.41) is 2.85. The van der Waals surface area contributed by atoms with Crippen molar-refractivity contribution in [2.24, 2.45) is 0 Å². The fourth-order valence-electron chi connectivity index (χ4n) is 1.46. The molecule has 0 aromatic carbocycles. The number of rotatable bonds is 5. The quantitative estimate of drug-likeness (QED) is 0.806. The van der Waals surface area contributed by atoms with Crippen LogP contribution >= 0.6 is 0 Å². The average molecular weight is 230 g/mol. The first-order valence-electron chi connectivity index (χ1n) is 5.47. The number of nitrogens with one attached hydrogen (secondary N) is 2. The van der Waals surface area contributed by atoms with Crippen molar-refractivity contribution in [2.45, 2.75) is 19.4 Å². The average Bonchev–Trinajstić information content (AvgIpc) is 2.88. The molecular weight excluding hydrogens is 216 g/mol. The second-order valence-electron chi connectivity index (χ2n) is 3.71. The number of carbonyl (C=O) groups is 1. The topological polar surface area (TPSA) is 70.7 Å². The molecule has 5 nitrogen and oxygen atoms in total. The molecule has 2 N–H and O–H groups in total. The molecule has 0 radical (unpaired) electrons. The normalized spacial score (nSPS) is 10.1. The Labute approximate surface area is 99.3 Å². The molecule has 2 aromatic rings. The predicted octanol–water partition coefficient (Wildman–Crippen LogP) is 1.05. The summed E-state index contributed by atoms with van der Waals surface area (Å²) in [7, 11) is 0. The number of nitrogens with zero attached hydrogens (tertiary/aromatic N) is 2. The van der Waals surface area contributed by atoms with E-state index in [2.05, 4.69) is 20.3 Å². The fourth-order valence-corrected chi connectivity index (χ4v) is 1.46. The molecule has 0 bridgehead atoms. The highest BCUT2D eigenvalue weighted by molar-refractivity contribution is 5.76. The standard InChI is InChI=1S/C12H14N4O/c17-12(4-3-11-8-14-9-16-11)15-7-10-2-1-5-13-6-10/h1-2,5-6,8-9H,3-4,7H2,(H,14,16)(H,15,17). The first-order valence-corrected chi connectivity index (χ1v) is 5.47. The van der Waals surface area contributed by atoms with Crippen LogP contribution in [0.5, 0.6) is 0 Å². The number of pyridine rings is 1. The van der Waals surface area contributed by atoms with Gasteiger partial charge in [0.1, 0.15) is 0 Å². The van der Waals surface area contributed by atoms with Crippen LogP contribution in [0.15, 0.2) is 37.1 Å². The minimum atomic E-state index is 0.0310.